The van der Waals surface area contributed by atoms with E-state index in [-0.39, 0.29) is 36.5 Å². The molecule has 1 aromatic heterocycles. The van der Waals surface area contributed by atoms with E-state index in [2.05, 4.69) is 5.32 Å². The molecule has 1 unspecified atom stereocenters. The first-order chi connectivity index (χ1) is 13.7. The molecule has 0 saturated heterocycles. The lowest BCUT2D eigenvalue weighted by Gasteiger charge is -2.13. The maximum Gasteiger partial charge on any atom is 0.222 e. The number of nitrogens with one attached hydrogen (secondary N) is 1. The SMILES string of the molecule is CC(=O)c1ccc(-c2cc(Cl)c3c(c2)CC(CNC(=O)CCC(=O)N(C)C)O3)s1. The van der Waals surface area contributed by atoms with Gasteiger partial charge in [-0.15, -0.1) is 11.3 Å². The fraction of sp³-hybridized carbons (Fsp3) is 0.381. The molecule has 1 aliphatic rings. The summed E-state index contributed by atoms with van der Waals surface area (Å²) in [5.41, 5.74) is 1.93. The monoisotopic (exact) mass is 434 g/mol. The quantitative estimate of drug-likeness (QED) is 0.676. The van der Waals surface area contributed by atoms with Gasteiger partial charge in [0.2, 0.25) is 11.8 Å². The summed E-state index contributed by atoms with van der Waals surface area (Å²) in [6.45, 7) is 1.90. The third-order valence-electron chi connectivity index (χ3n) is 4.68. The summed E-state index contributed by atoms with van der Waals surface area (Å²) in [6.07, 6.45) is 0.758. The Balaban J connectivity index is 1.60. The summed E-state index contributed by atoms with van der Waals surface area (Å²) in [5.74, 6) is 0.424. The molecule has 0 bridgehead atoms. The number of ketones is 1. The van der Waals surface area contributed by atoms with E-state index in [1.807, 2.05) is 24.3 Å². The molecule has 0 fully saturated rings. The van der Waals surface area contributed by atoms with Crippen molar-refractivity contribution in [3.05, 3.63) is 39.7 Å². The van der Waals surface area contributed by atoms with Crippen molar-refractivity contribution < 1.29 is 19.1 Å². The first-order valence-corrected chi connectivity index (χ1v) is 10.5. The Bertz CT molecular complexity index is 954. The second-order valence-corrected chi connectivity index (χ2v) is 8.69. The molecule has 6 nitrogen and oxygen atoms in total. The standard InChI is InChI=1S/C21H23ClN2O4S/c1-12(25)17-4-5-18(29-17)13-8-14-9-15(28-21(14)16(22)10-13)11-23-19(26)6-7-20(27)24(2)3/h4-5,8,10,15H,6-7,9,11H2,1-3H3,(H,23,26). The number of benzene rings is 1. The molecule has 3 rings (SSSR count). The third-order valence-corrected chi connectivity index (χ3v) is 6.20. The van der Waals surface area contributed by atoms with Crippen LogP contribution in [0.1, 0.15) is 35.0 Å². The van der Waals surface area contributed by atoms with Gasteiger partial charge in [0.05, 0.1) is 16.4 Å². The third kappa shape index (κ3) is 5.16. The van der Waals surface area contributed by atoms with Crippen LogP contribution < -0.4 is 10.1 Å². The normalized spacial score (nSPS) is 14.8. The van der Waals surface area contributed by atoms with Crippen molar-refractivity contribution in [3.63, 3.8) is 0 Å². The highest BCUT2D eigenvalue weighted by molar-refractivity contribution is 7.17. The summed E-state index contributed by atoms with van der Waals surface area (Å²) in [6, 6.07) is 7.60. The lowest BCUT2D eigenvalue weighted by atomic mass is 10.1. The van der Waals surface area contributed by atoms with Gasteiger partial charge in [-0.1, -0.05) is 11.6 Å². The van der Waals surface area contributed by atoms with Crippen molar-refractivity contribution in [2.45, 2.75) is 32.3 Å². The molecule has 2 amide bonds. The van der Waals surface area contributed by atoms with Crippen LogP contribution in [0, 0.1) is 0 Å². The van der Waals surface area contributed by atoms with Gasteiger partial charge in [0, 0.05) is 43.8 Å². The molecule has 2 aromatic rings. The molecular weight excluding hydrogens is 412 g/mol. The summed E-state index contributed by atoms with van der Waals surface area (Å²) >= 11 is 7.86. The maximum absolute atomic E-state index is 12.0. The Morgan fingerprint density at radius 1 is 1.24 bits per heavy atom. The van der Waals surface area contributed by atoms with Crippen LogP contribution in [0.5, 0.6) is 5.75 Å². The van der Waals surface area contributed by atoms with Gasteiger partial charge in [0.15, 0.2) is 5.78 Å². The van der Waals surface area contributed by atoms with E-state index in [4.69, 9.17) is 16.3 Å². The Kier molecular flexibility index (Phi) is 6.59. The average molecular weight is 435 g/mol. The second kappa shape index (κ2) is 8.97. The summed E-state index contributed by atoms with van der Waals surface area (Å²) < 4.78 is 5.91. The van der Waals surface area contributed by atoms with Gasteiger partial charge in [0.1, 0.15) is 11.9 Å². The number of nitrogens with zero attached hydrogens (tertiary/aromatic N) is 1. The topological polar surface area (TPSA) is 75.7 Å². The first-order valence-electron chi connectivity index (χ1n) is 9.31. The van der Waals surface area contributed by atoms with Crippen LogP contribution in [-0.4, -0.2) is 49.2 Å². The molecule has 0 spiro atoms. The smallest absolute Gasteiger partial charge is 0.222 e. The van der Waals surface area contributed by atoms with Crippen LogP contribution in [0.25, 0.3) is 10.4 Å². The van der Waals surface area contributed by atoms with Crippen molar-refractivity contribution in [2.75, 3.05) is 20.6 Å². The van der Waals surface area contributed by atoms with Gasteiger partial charge in [-0.2, -0.15) is 0 Å². The lowest BCUT2D eigenvalue weighted by molar-refractivity contribution is -0.131. The van der Waals surface area contributed by atoms with Crippen LogP contribution in [0.2, 0.25) is 5.02 Å². The van der Waals surface area contributed by atoms with E-state index in [0.717, 1.165) is 16.0 Å². The van der Waals surface area contributed by atoms with E-state index < -0.39 is 0 Å². The van der Waals surface area contributed by atoms with E-state index in [1.165, 1.54) is 16.2 Å². The number of ether oxygens (including phenoxy) is 1. The van der Waals surface area contributed by atoms with Crippen molar-refractivity contribution in [1.29, 1.82) is 0 Å². The van der Waals surface area contributed by atoms with Crippen molar-refractivity contribution >= 4 is 40.5 Å². The Labute approximate surface area is 178 Å². The summed E-state index contributed by atoms with van der Waals surface area (Å²) in [4.78, 5) is 38.2. The molecule has 1 atom stereocenters. The van der Waals surface area contributed by atoms with Gasteiger partial charge in [0.25, 0.3) is 0 Å². The van der Waals surface area contributed by atoms with Crippen LogP contribution in [-0.2, 0) is 16.0 Å². The van der Waals surface area contributed by atoms with E-state index in [9.17, 15) is 14.4 Å². The van der Waals surface area contributed by atoms with E-state index in [1.54, 1.807) is 21.0 Å². The van der Waals surface area contributed by atoms with Crippen molar-refractivity contribution in [1.82, 2.24) is 10.2 Å². The van der Waals surface area contributed by atoms with Gasteiger partial charge in [-0.25, -0.2) is 0 Å². The van der Waals surface area contributed by atoms with Crippen LogP contribution in [0.4, 0.5) is 0 Å². The minimum absolute atomic E-state index is 0.0416. The Hall–Kier alpha value is -2.38. The molecule has 0 radical (unpaired) electrons. The molecule has 1 aromatic carbocycles. The average Bonchev–Trinajstić information content (AvgIpc) is 3.31. The number of carbonyl (C=O) groups excluding carboxylic acids is 3. The minimum Gasteiger partial charge on any atom is -0.486 e. The highest BCUT2D eigenvalue weighted by atomic mass is 35.5. The Morgan fingerprint density at radius 2 is 2.00 bits per heavy atom. The van der Waals surface area contributed by atoms with Crippen molar-refractivity contribution in [2.24, 2.45) is 0 Å². The fourth-order valence-corrected chi connectivity index (χ4v) is 4.26. The number of Topliss-reactive ketones (excluding diaryl/α,β-unsaturated/α-hetero) is 1. The number of rotatable bonds is 7. The highest BCUT2D eigenvalue weighted by Crippen LogP contribution is 2.41. The zero-order chi connectivity index (χ0) is 21.1. The highest BCUT2D eigenvalue weighted by Gasteiger charge is 2.26. The van der Waals surface area contributed by atoms with Crippen LogP contribution in [0.15, 0.2) is 24.3 Å². The van der Waals surface area contributed by atoms with E-state index >= 15 is 0 Å². The van der Waals surface area contributed by atoms with Gasteiger partial charge in [-0.05, 0) is 36.8 Å². The molecule has 2 heterocycles. The molecule has 1 aliphatic heterocycles. The van der Waals surface area contributed by atoms with Crippen molar-refractivity contribution in [3.8, 4) is 16.2 Å². The molecule has 29 heavy (non-hydrogen) atoms. The van der Waals surface area contributed by atoms with E-state index in [0.29, 0.717) is 28.6 Å². The number of hydrogen-bond donors (Lipinski definition) is 1. The largest absolute Gasteiger partial charge is 0.486 e. The zero-order valence-corrected chi connectivity index (χ0v) is 18.2. The number of hydrogen-bond acceptors (Lipinski definition) is 5. The lowest BCUT2D eigenvalue weighted by Crippen LogP contribution is -2.35. The van der Waals surface area contributed by atoms with Gasteiger partial charge >= 0.3 is 0 Å². The molecule has 0 saturated carbocycles. The first kappa shape index (κ1) is 21.3. The molecule has 0 aliphatic carbocycles. The van der Waals surface area contributed by atoms with Crippen LogP contribution >= 0.6 is 22.9 Å². The number of halogens is 1. The minimum atomic E-state index is -0.206. The molecule has 8 heteroatoms. The Morgan fingerprint density at radius 3 is 2.66 bits per heavy atom. The predicted molar refractivity (Wildman–Crippen MR) is 114 cm³/mol. The zero-order valence-electron chi connectivity index (χ0n) is 16.6. The van der Waals surface area contributed by atoms with Gasteiger partial charge in [-0.3, -0.25) is 14.4 Å². The molecule has 1 N–H and O–H groups in total. The molecule has 154 valence electrons. The van der Waals surface area contributed by atoms with Crippen LogP contribution in [0.3, 0.4) is 0 Å². The summed E-state index contributed by atoms with van der Waals surface area (Å²) in [5, 5.41) is 3.34. The van der Waals surface area contributed by atoms with Gasteiger partial charge < -0.3 is 15.0 Å². The predicted octanol–water partition coefficient (Wildman–Crippen LogP) is 3.56. The maximum atomic E-state index is 12.0. The summed E-state index contributed by atoms with van der Waals surface area (Å²) in [7, 11) is 3.33. The number of amides is 2. The number of thiophene rings is 1. The number of fused-ring (bicyclic) bond motifs is 1. The number of carbonyl (C=O) groups is 3. The molecular formula is C21H23ClN2O4S. The second-order valence-electron chi connectivity index (χ2n) is 7.20. The fourth-order valence-electron chi connectivity index (χ4n) is 3.09.